The number of amides is 1. The molecule has 1 aliphatic rings. The SMILES string of the molecule is CCNC(=NCC1(C(=O)N(C)C)CCCC1)NC(C)C. The van der Waals surface area contributed by atoms with Crippen LogP contribution in [0.2, 0.25) is 0 Å². The van der Waals surface area contributed by atoms with Gasteiger partial charge < -0.3 is 15.5 Å². The zero-order chi connectivity index (χ0) is 15.2. The molecule has 1 amide bonds. The van der Waals surface area contributed by atoms with Gasteiger partial charge in [0.25, 0.3) is 0 Å². The molecule has 1 fully saturated rings. The Morgan fingerprint density at radius 2 is 1.90 bits per heavy atom. The minimum absolute atomic E-state index is 0.221. The Labute approximate surface area is 123 Å². The summed E-state index contributed by atoms with van der Waals surface area (Å²) in [5.74, 6) is 1.03. The highest BCUT2D eigenvalue weighted by molar-refractivity contribution is 5.84. The predicted octanol–water partition coefficient (Wildman–Crippen LogP) is 1.60. The first-order valence-electron chi connectivity index (χ1n) is 7.68. The molecule has 1 aliphatic carbocycles. The van der Waals surface area contributed by atoms with Crippen molar-refractivity contribution in [2.24, 2.45) is 10.4 Å². The van der Waals surface area contributed by atoms with Gasteiger partial charge in [-0.1, -0.05) is 12.8 Å². The second kappa shape index (κ2) is 7.50. The number of hydrogen-bond donors (Lipinski definition) is 2. The molecule has 0 spiro atoms. The Hall–Kier alpha value is -1.26. The van der Waals surface area contributed by atoms with Crippen LogP contribution in [0.1, 0.15) is 46.5 Å². The van der Waals surface area contributed by atoms with Crippen molar-refractivity contribution in [3.05, 3.63) is 0 Å². The van der Waals surface area contributed by atoms with Crippen LogP contribution in [0.4, 0.5) is 0 Å². The van der Waals surface area contributed by atoms with Crippen molar-refractivity contribution in [3.8, 4) is 0 Å². The summed E-state index contributed by atoms with van der Waals surface area (Å²) in [6.07, 6.45) is 4.16. The predicted molar refractivity (Wildman–Crippen MR) is 83.8 cm³/mol. The Morgan fingerprint density at radius 3 is 2.35 bits per heavy atom. The quantitative estimate of drug-likeness (QED) is 0.595. The molecule has 5 nitrogen and oxygen atoms in total. The standard InChI is InChI=1S/C15H30N4O/c1-6-16-14(18-12(2)3)17-11-15(9-7-8-10-15)13(20)19(4)5/h12H,6-11H2,1-5H3,(H2,16,17,18). The minimum Gasteiger partial charge on any atom is -0.357 e. The lowest BCUT2D eigenvalue weighted by Gasteiger charge is -2.29. The molecule has 0 atom stereocenters. The largest absolute Gasteiger partial charge is 0.357 e. The molecular weight excluding hydrogens is 252 g/mol. The van der Waals surface area contributed by atoms with Gasteiger partial charge in [-0.2, -0.15) is 0 Å². The van der Waals surface area contributed by atoms with Crippen LogP contribution in [0.5, 0.6) is 0 Å². The summed E-state index contributed by atoms with van der Waals surface area (Å²) < 4.78 is 0. The lowest BCUT2D eigenvalue weighted by Crippen LogP contribution is -2.44. The maximum absolute atomic E-state index is 12.5. The average molecular weight is 282 g/mol. The summed E-state index contributed by atoms with van der Waals surface area (Å²) in [6.45, 7) is 7.62. The molecule has 0 radical (unpaired) electrons. The smallest absolute Gasteiger partial charge is 0.230 e. The summed E-state index contributed by atoms with van der Waals surface area (Å²) in [4.78, 5) is 18.8. The normalized spacial score (nSPS) is 18.2. The second-order valence-corrected chi connectivity index (χ2v) is 6.18. The van der Waals surface area contributed by atoms with E-state index in [4.69, 9.17) is 0 Å². The molecule has 0 heterocycles. The van der Waals surface area contributed by atoms with Gasteiger partial charge in [0, 0.05) is 26.7 Å². The van der Waals surface area contributed by atoms with Crippen LogP contribution >= 0.6 is 0 Å². The number of nitrogens with one attached hydrogen (secondary N) is 2. The Kier molecular flexibility index (Phi) is 6.30. The fraction of sp³-hybridized carbons (Fsp3) is 0.867. The average Bonchev–Trinajstić information content (AvgIpc) is 2.84. The van der Waals surface area contributed by atoms with E-state index in [1.54, 1.807) is 4.90 Å². The van der Waals surface area contributed by atoms with Crippen molar-refractivity contribution >= 4 is 11.9 Å². The number of hydrogen-bond acceptors (Lipinski definition) is 2. The van der Waals surface area contributed by atoms with Gasteiger partial charge in [0.05, 0.1) is 12.0 Å². The van der Waals surface area contributed by atoms with Crippen LogP contribution < -0.4 is 10.6 Å². The van der Waals surface area contributed by atoms with E-state index in [1.165, 1.54) is 0 Å². The summed E-state index contributed by atoms with van der Waals surface area (Å²) in [5, 5.41) is 6.54. The van der Waals surface area contributed by atoms with Crippen LogP contribution in [0.3, 0.4) is 0 Å². The lowest BCUT2D eigenvalue weighted by atomic mass is 9.85. The van der Waals surface area contributed by atoms with Gasteiger partial charge >= 0.3 is 0 Å². The van der Waals surface area contributed by atoms with Crippen molar-refractivity contribution in [3.63, 3.8) is 0 Å². The fourth-order valence-electron chi connectivity index (χ4n) is 2.79. The molecule has 0 saturated heterocycles. The summed E-state index contributed by atoms with van der Waals surface area (Å²) in [5.41, 5.74) is -0.289. The highest BCUT2D eigenvalue weighted by Crippen LogP contribution is 2.39. The molecule has 0 aromatic carbocycles. The Morgan fingerprint density at radius 1 is 1.30 bits per heavy atom. The number of rotatable bonds is 5. The maximum Gasteiger partial charge on any atom is 0.230 e. The molecule has 2 N–H and O–H groups in total. The fourth-order valence-corrected chi connectivity index (χ4v) is 2.79. The number of nitrogens with zero attached hydrogens (tertiary/aromatic N) is 2. The first-order chi connectivity index (χ1) is 9.41. The van der Waals surface area contributed by atoms with Gasteiger partial charge in [-0.15, -0.1) is 0 Å². The van der Waals surface area contributed by atoms with Crippen LogP contribution in [0.25, 0.3) is 0 Å². The third kappa shape index (κ3) is 4.39. The summed E-state index contributed by atoms with van der Waals surface area (Å²) in [7, 11) is 3.67. The number of guanidine groups is 1. The van der Waals surface area contributed by atoms with E-state index in [0.717, 1.165) is 38.2 Å². The second-order valence-electron chi connectivity index (χ2n) is 6.18. The number of aliphatic imine (C=N–C) groups is 1. The van der Waals surface area contributed by atoms with Crippen LogP contribution in [0, 0.1) is 5.41 Å². The zero-order valence-corrected chi connectivity index (χ0v) is 13.6. The number of carbonyl (C=O) groups excluding carboxylic acids is 1. The van der Waals surface area contributed by atoms with Gasteiger partial charge in [-0.25, -0.2) is 0 Å². The highest BCUT2D eigenvalue weighted by atomic mass is 16.2. The third-order valence-electron chi connectivity index (χ3n) is 3.73. The van der Waals surface area contributed by atoms with Crippen molar-refractivity contribution < 1.29 is 4.79 Å². The molecule has 5 heteroatoms. The lowest BCUT2D eigenvalue weighted by molar-refractivity contribution is -0.138. The number of carbonyl (C=O) groups is 1. The summed E-state index contributed by atoms with van der Waals surface area (Å²) in [6, 6.07) is 0.330. The van der Waals surface area contributed by atoms with Gasteiger partial charge in [0.2, 0.25) is 5.91 Å². The Balaban J connectivity index is 2.81. The monoisotopic (exact) mass is 282 g/mol. The molecule has 0 aromatic heterocycles. The molecule has 0 aliphatic heterocycles. The van der Waals surface area contributed by atoms with Crippen LogP contribution in [-0.2, 0) is 4.79 Å². The first kappa shape index (κ1) is 16.8. The van der Waals surface area contributed by atoms with E-state index in [2.05, 4.69) is 29.5 Å². The van der Waals surface area contributed by atoms with Gasteiger partial charge in [-0.3, -0.25) is 9.79 Å². The van der Waals surface area contributed by atoms with Gasteiger partial charge in [-0.05, 0) is 33.6 Å². The van der Waals surface area contributed by atoms with Crippen LogP contribution in [-0.4, -0.2) is 50.0 Å². The molecule has 1 saturated carbocycles. The molecule has 0 aromatic rings. The molecular formula is C15H30N4O. The first-order valence-corrected chi connectivity index (χ1v) is 7.68. The molecule has 1 rings (SSSR count). The third-order valence-corrected chi connectivity index (χ3v) is 3.73. The van der Waals surface area contributed by atoms with Crippen molar-refractivity contribution in [2.45, 2.75) is 52.5 Å². The molecule has 0 bridgehead atoms. The summed E-state index contributed by atoms with van der Waals surface area (Å²) >= 11 is 0. The van der Waals surface area contributed by atoms with E-state index in [9.17, 15) is 4.79 Å². The maximum atomic E-state index is 12.5. The topological polar surface area (TPSA) is 56.7 Å². The highest BCUT2D eigenvalue weighted by Gasteiger charge is 2.41. The van der Waals surface area contributed by atoms with Gasteiger partial charge in [0.1, 0.15) is 0 Å². The van der Waals surface area contributed by atoms with E-state index in [0.29, 0.717) is 12.6 Å². The minimum atomic E-state index is -0.289. The van der Waals surface area contributed by atoms with Crippen molar-refractivity contribution in [1.29, 1.82) is 0 Å². The molecule has 0 unspecified atom stereocenters. The van der Waals surface area contributed by atoms with Crippen molar-refractivity contribution in [1.82, 2.24) is 15.5 Å². The molecule has 116 valence electrons. The van der Waals surface area contributed by atoms with Crippen molar-refractivity contribution in [2.75, 3.05) is 27.2 Å². The van der Waals surface area contributed by atoms with Crippen LogP contribution in [0.15, 0.2) is 4.99 Å². The van der Waals surface area contributed by atoms with E-state index < -0.39 is 0 Å². The van der Waals surface area contributed by atoms with E-state index in [1.807, 2.05) is 21.0 Å². The Bertz CT molecular complexity index is 344. The van der Waals surface area contributed by atoms with E-state index in [-0.39, 0.29) is 11.3 Å². The van der Waals surface area contributed by atoms with E-state index >= 15 is 0 Å². The van der Waals surface area contributed by atoms with Gasteiger partial charge in [0.15, 0.2) is 5.96 Å². The zero-order valence-electron chi connectivity index (χ0n) is 13.6. The molecule has 20 heavy (non-hydrogen) atoms.